The van der Waals surface area contributed by atoms with Crippen molar-refractivity contribution in [1.82, 2.24) is 0 Å². The van der Waals surface area contributed by atoms with Crippen molar-refractivity contribution in [3.05, 3.63) is 11.6 Å². The molecule has 0 aromatic rings. The highest BCUT2D eigenvalue weighted by Gasteiger charge is 2.70. The van der Waals surface area contributed by atoms with Gasteiger partial charge in [0.1, 0.15) is 0 Å². The minimum Gasteiger partial charge on any atom is -0.466 e. The minimum absolute atomic E-state index is 0.00587. The van der Waals surface area contributed by atoms with Crippen LogP contribution in [0.3, 0.4) is 0 Å². The standard InChI is InChI=1S/C32H50O4/c1-9-36-26(35)29(5)15-14-28(4)16-17-31(7)20(21(28)19-29)18-22(33)25-30(6)12-11-24(34)27(2,3)23(30)10-13-32(25,31)8/h18,21,23-25,34H,9-17,19H2,1-8H3/t21-,23?,24-,25?,28+,29-,30-,31+,32+/m0/s1. The van der Waals surface area contributed by atoms with Gasteiger partial charge in [0, 0.05) is 5.92 Å². The lowest BCUT2D eigenvalue weighted by Gasteiger charge is -2.70. The van der Waals surface area contributed by atoms with Gasteiger partial charge in [-0.2, -0.15) is 0 Å². The first-order valence-corrected chi connectivity index (χ1v) is 14.7. The highest BCUT2D eigenvalue weighted by Crippen LogP contribution is 2.75. The van der Waals surface area contributed by atoms with Gasteiger partial charge in [0.05, 0.1) is 18.1 Å². The lowest BCUT2D eigenvalue weighted by molar-refractivity contribution is -0.202. The number of aliphatic hydroxyl groups excluding tert-OH is 1. The third-order valence-electron chi connectivity index (χ3n) is 13.3. The second-order valence-corrected chi connectivity index (χ2v) is 15.3. The molecule has 0 radical (unpaired) electrons. The summed E-state index contributed by atoms with van der Waals surface area (Å²) in [5.74, 6) is 0.842. The van der Waals surface area contributed by atoms with Crippen molar-refractivity contribution in [2.45, 2.75) is 119 Å². The van der Waals surface area contributed by atoms with Crippen LogP contribution in [-0.4, -0.2) is 29.6 Å². The molecule has 2 unspecified atom stereocenters. The largest absolute Gasteiger partial charge is 0.466 e. The minimum atomic E-state index is -0.479. The van der Waals surface area contributed by atoms with Crippen molar-refractivity contribution in [1.29, 1.82) is 0 Å². The van der Waals surface area contributed by atoms with Gasteiger partial charge in [-0.15, -0.1) is 0 Å². The van der Waals surface area contributed by atoms with E-state index >= 15 is 0 Å². The fraction of sp³-hybridized carbons (Fsp3) is 0.875. The number of carbonyl (C=O) groups excluding carboxylic acids is 2. The van der Waals surface area contributed by atoms with Gasteiger partial charge in [-0.25, -0.2) is 0 Å². The average molecular weight is 499 g/mol. The lowest BCUT2D eigenvalue weighted by atomic mass is 9.33. The molecule has 0 aliphatic heterocycles. The molecule has 0 amide bonds. The number of allylic oxidation sites excluding steroid dienone is 2. The summed E-state index contributed by atoms with van der Waals surface area (Å²) in [6.45, 7) is 18.5. The maximum atomic E-state index is 14.3. The first-order chi connectivity index (χ1) is 16.6. The van der Waals surface area contributed by atoms with E-state index in [2.05, 4.69) is 54.5 Å². The third kappa shape index (κ3) is 3.21. The Bertz CT molecular complexity index is 996. The van der Waals surface area contributed by atoms with Gasteiger partial charge in [-0.05, 0) is 117 Å². The number of ether oxygens (including phenoxy) is 1. The van der Waals surface area contributed by atoms with Crippen molar-refractivity contribution < 1.29 is 19.4 Å². The van der Waals surface area contributed by atoms with Crippen LogP contribution in [0, 0.1) is 50.2 Å². The third-order valence-corrected chi connectivity index (χ3v) is 13.3. The molecule has 4 fully saturated rings. The molecule has 5 aliphatic carbocycles. The van der Waals surface area contributed by atoms with E-state index in [0.29, 0.717) is 18.3 Å². The predicted octanol–water partition coefficient (Wildman–Crippen LogP) is 6.89. The number of carbonyl (C=O) groups is 2. The lowest BCUT2D eigenvalue weighted by Crippen LogP contribution is -2.66. The normalized spacial score (nSPS) is 51.7. The molecular weight excluding hydrogens is 448 g/mol. The summed E-state index contributed by atoms with van der Waals surface area (Å²) >= 11 is 0. The second-order valence-electron chi connectivity index (χ2n) is 15.3. The van der Waals surface area contributed by atoms with Crippen LogP contribution in [0.1, 0.15) is 113 Å². The van der Waals surface area contributed by atoms with E-state index in [9.17, 15) is 14.7 Å². The van der Waals surface area contributed by atoms with E-state index in [1.165, 1.54) is 5.57 Å². The fourth-order valence-electron chi connectivity index (χ4n) is 10.7. The topological polar surface area (TPSA) is 63.6 Å². The smallest absolute Gasteiger partial charge is 0.311 e. The van der Waals surface area contributed by atoms with Crippen molar-refractivity contribution in [2.75, 3.05) is 6.61 Å². The van der Waals surface area contributed by atoms with Crippen molar-refractivity contribution in [2.24, 2.45) is 50.2 Å². The van der Waals surface area contributed by atoms with Crippen LogP contribution in [0.15, 0.2) is 11.6 Å². The van der Waals surface area contributed by atoms with Crippen molar-refractivity contribution >= 4 is 11.8 Å². The Kier molecular flexibility index (Phi) is 5.83. The molecule has 4 nitrogen and oxygen atoms in total. The highest BCUT2D eigenvalue weighted by atomic mass is 16.5. The molecule has 4 heteroatoms. The first kappa shape index (κ1) is 26.4. The number of aliphatic hydroxyl groups is 1. The molecule has 0 heterocycles. The summed E-state index contributed by atoms with van der Waals surface area (Å²) in [4.78, 5) is 27.4. The first-order valence-electron chi connectivity index (χ1n) is 14.7. The van der Waals surface area contributed by atoms with E-state index < -0.39 is 5.41 Å². The Morgan fingerprint density at radius 3 is 2.31 bits per heavy atom. The second kappa shape index (κ2) is 7.93. The SMILES string of the molecule is CCOC(=O)[C@@]1(C)CC[C@]2(C)CC[C@]3(C)C(=CC(=O)C4[C@@]5(C)CC[C@H](O)C(C)(C)C5CC[C@]43C)[C@@H]2C1. The molecule has 0 bridgehead atoms. The molecule has 0 aromatic heterocycles. The Morgan fingerprint density at radius 1 is 0.972 bits per heavy atom. The average Bonchev–Trinajstić information content (AvgIpc) is 2.79. The molecular formula is C32H50O4. The summed E-state index contributed by atoms with van der Waals surface area (Å²) in [6.07, 6.45) is 10.6. The number of hydrogen-bond acceptors (Lipinski definition) is 4. The van der Waals surface area contributed by atoms with Crippen LogP contribution < -0.4 is 0 Å². The van der Waals surface area contributed by atoms with Gasteiger partial charge >= 0.3 is 5.97 Å². The van der Waals surface area contributed by atoms with Gasteiger partial charge in [0.2, 0.25) is 0 Å². The summed E-state index contributed by atoms with van der Waals surface area (Å²) in [6, 6.07) is 0. The summed E-state index contributed by atoms with van der Waals surface area (Å²) < 4.78 is 5.54. The molecule has 36 heavy (non-hydrogen) atoms. The number of rotatable bonds is 2. The Hall–Kier alpha value is -1.16. The van der Waals surface area contributed by atoms with Gasteiger partial charge < -0.3 is 9.84 Å². The molecule has 0 saturated heterocycles. The summed E-state index contributed by atoms with van der Waals surface area (Å²) in [7, 11) is 0. The molecule has 9 atom stereocenters. The number of hydrogen-bond donors (Lipinski definition) is 1. The number of ketones is 1. The van der Waals surface area contributed by atoms with Crippen LogP contribution in [0.4, 0.5) is 0 Å². The number of esters is 1. The van der Waals surface area contributed by atoms with Crippen LogP contribution in [0.2, 0.25) is 0 Å². The van der Waals surface area contributed by atoms with Gasteiger partial charge in [-0.3, -0.25) is 9.59 Å². The van der Waals surface area contributed by atoms with Crippen LogP contribution in [0.5, 0.6) is 0 Å². The zero-order valence-electron chi connectivity index (χ0n) is 24.1. The quantitative estimate of drug-likeness (QED) is 0.421. The predicted molar refractivity (Wildman–Crippen MR) is 142 cm³/mol. The maximum absolute atomic E-state index is 14.3. The molecule has 4 saturated carbocycles. The van der Waals surface area contributed by atoms with E-state index in [1.807, 2.05) is 6.92 Å². The van der Waals surface area contributed by atoms with Gasteiger partial charge in [0.15, 0.2) is 5.78 Å². The summed E-state index contributed by atoms with van der Waals surface area (Å²) in [5, 5.41) is 10.9. The fourth-order valence-corrected chi connectivity index (χ4v) is 10.7. The van der Waals surface area contributed by atoms with E-state index in [1.54, 1.807) is 0 Å². The molecule has 5 aliphatic rings. The zero-order valence-corrected chi connectivity index (χ0v) is 24.1. The Labute approximate surface area is 219 Å². The molecule has 0 aromatic carbocycles. The molecule has 5 rings (SSSR count). The number of fused-ring (bicyclic) bond motifs is 7. The Morgan fingerprint density at radius 2 is 1.64 bits per heavy atom. The highest BCUT2D eigenvalue weighted by molar-refractivity contribution is 5.95. The van der Waals surface area contributed by atoms with Gasteiger partial charge in [0.25, 0.3) is 0 Å². The van der Waals surface area contributed by atoms with E-state index in [0.717, 1.165) is 57.8 Å². The van der Waals surface area contributed by atoms with Crippen molar-refractivity contribution in [3.8, 4) is 0 Å². The van der Waals surface area contributed by atoms with Crippen molar-refractivity contribution in [3.63, 3.8) is 0 Å². The van der Waals surface area contributed by atoms with Crippen LogP contribution in [0.25, 0.3) is 0 Å². The summed E-state index contributed by atoms with van der Waals surface area (Å²) in [5.41, 5.74) is 0.590. The zero-order chi connectivity index (χ0) is 26.5. The van der Waals surface area contributed by atoms with Crippen LogP contribution >= 0.6 is 0 Å². The van der Waals surface area contributed by atoms with E-state index in [-0.39, 0.29) is 51.0 Å². The Balaban J connectivity index is 1.59. The van der Waals surface area contributed by atoms with Gasteiger partial charge in [-0.1, -0.05) is 47.1 Å². The molecule has 202 valence electrons. The van der Waals surface area contributed by atoms with Crippen LogP contribution in [-0.2, 0) is 14.3 Å². The monoisotopic (exact) mass is 498 g/mol. The van der Waals surface area contributed by atoms with E-state index in [4.69, 9.17) is 4.74 Å². The molecule has 1 N–H and O–H groups in total. The molecule has 0 spiro atoms. The maximum Gasteiger partial charge on any atom is 0.311 e.